The summed E-state index contributed by atoms with van der Waals surface area (Å²) in [7, 11) is 1.31. The molecule has 1 amide bonds. The van der Waals surface area contributed by atoms with E-state index in [-0.39, 0.29) is 12.5 Å². The van der Waals surface area contributed by atoms with E-state index in [0.29, 0.717) is 17.8 Å². The monoisotopic (exact) mass is 289 g/mol. The number of amides is 1. The number of hydrogen-bond donors (Lipinski definition) is 2. The van der Waals surface area contributed by atoms with Crippen LogP contribution in [0.2, 0.25) is 0 Å². The van der Waals surface area contributed by atoms with E-state index in [1.807, 2.05) is 6.92 Å². The maximum absolute atomic E-state index is 12.6. The molecule has 3 N–H and O–H groups in total. The quantitative estimate of drug-likeness (QED) is 0.648. The summed E-state index contributed by atoms with van der Waals surface area (Å²) in [6, 6.07) is 5.32. The summed E-state index contributed by atoms with van der Waals surface area (Å²) in [5.41, 5.74) is 7.68. The van der Waals surface area contributed by atoms with Crippen LogP contribution in [0, 0.1) is 0 Å². The highest BCUT2D eigenvalue weighted by atomic mass is 16.5. The minimum Gasteiger partial charge on any atom is -0.468 e. The number of H-pyrrole nitrogens is 1. The van der Waals surface area contributed by atoms with Gasteiger partial charge in [0.15, 0.2) is 0 Å². The van der Waals surface area contributed by atoms with Crippen LogP contribution in [0.15, 0.2) is 24.4 Å². The number of nitrogen functional groups attached to an aromatic ring is 1. The highest BCUT2D eigenvalue weighted by molar-refractivity contribution is 6.07. The molecule has 6 nitrogen and oxygen atoms in total. The molecule has 0 radical (unpaired) electrons. The van der Waals surface area contributed by atoms with Crippen molar-refractivity contribution in [2.45, 2.75) is 13.3 Å². The third kappa shape index (κ3) is 3.16. The maximum atomic E-state index is 12.6. The normalized spacial score (nSPS) is 10.6. The molecule has 0 aliphatic rings. The van der Waals surface area contributed by atoms with Gasteiger partial charge in [-0.3, -0.25) is 9.59 Å². The number of carbonyl (C=O) groups is 2. The highest BCUT2D eigenvalue weighted by Crippen LogP contribution is 2.22. The largest absolute Gasteiger partial charge is 0.468 e. The van der Waals surface area contributed by atoms with Crippen LogP contribution >= 0.6 is 0 Å². The van der Waals surface area contributed by atoms with Gasteiger partial charge in [-0.05, 0) is 24.6 Å². The number of nitrogens with zero attached hydrogens (tertiary/aromatic N) is 1. The second kappa shape index (κ2) is 6.30. The van der Waals surface area contributed by atoms with Crippen molar-refractivity contribution in [2.75, 3.05) is 25.9 Å². The van der Waals surface area contributed by atoms with Gasteiger partial charge in [-0.2, -0.15) is 0 Å². The number of methoxy groups -OCH3 is 1. The molecule has 1 aromatic heterocycles. The fraction of sp³-hybridized carbons (Fsp3) is 0.333. The number of esters is 1. The number of aromatic amines is 1. The smallest absolute Gasteiger partial charge is 0.325 e. The van der Waals surface area contributed by atoms with Crippen LogP contribution in [-0.4, -0.2) is 42.0 Å². The zero-order valence-corrected chi connectivity index (χ0v) is 12.2. The molecule has 0 aliphatic heterocycles. The Balaban J connectivity index is 2.32. The summed E-state index contributed by atoms with van der Waals surface area (Å²) in [6.45, 7) is 2.40. The van der Waals surface area contributed by atoms with E-state index in [4.69, 9.17) is 5.73 Å². The summed E-state index contributed by atoms with van der Waals surface area (Å²) >= 11 is 0. The van der Waals surface area contributed by atoms with Crippen LogP contribution in [-0.2, 0) is 9.53 Å². The molecular weight excluding hydrogens is 270 g/mol. The lowest BCUT2D eigenvalue weighted by atomic mass is 10.1. The first kappa shape index (κ1) is 14.9. The van der Waals surface area contributed by atoms with Gasteiger partial charge in [0.2, 0.25) is 0 Å². The Kier molecular flexibility index (Phi) is 4.47. The molecule has 21 heavy (non-hydrogen) atoms. The van der Waals surface area contributed by atoms with Crippen LogP contribution in [0.1, 0.15) is 23.7 Å². The lowest BCUT2D eigenvalue weighted by Crippen LogP contribution is -2.36. The van der Waals surface area contributed by atoms with E-state index in [2.05, 4.69) is 9.72 Å². The van der Waals surface area contributed by atoms with Crippen molar-refractivity contribution < 1.29 is 14.3 Å². The van der Waals surface area contributed by atoms with E-state index in [1.165, 1.54) is 12.0 Å². The summed E-state index contributed by atoms with van der Waals surface area (Å²) in [5, 5.41) is 0.792. The molecule has 6 heteroatoms. The molecule has 0 aliphatic carbocycles. The van der Waals surface area contributed by atoms with Gasteiger partial charge in [-0.15, -0.1) is 0 Å². The van der Waals surface area contributed by atoms with Crippen molar-refractivity contribution in [3.05, 3.63) is 30.0 Å². The Bertz CT molecular complexity index is 663. The average Bonchev–Trinajstić information content (AvgIpc) is 2.88. The van der Waals surface area contributed by atoms with Crippen LogP contribution in [0.4, 0.5) is 5.69 Å². The molecule has 0 spiro atoms. The Morgan fingerprint density at radius 3 is 2.81 bits per heavy atom. The van der Waals surface area contributed by atoms with Crippen molar-refractivity contribution in [3.8, 4) is 0 Å². The second-order valence-corrected chi connectivity index (χ2v) is 4.81. The number of rotatable bonds is 5. The van der Waals surface area contributed by atoms with Gasteiger partial charge in [-0.1, -0.05) is 6.92 Å². The molecule has 0 bridgehead atoms. The molecule has 112 valence electrons. The fourth-order valence-corrected chi connectivity index (χ4v) is 2.23. The van der Waals surface area contributed by atoms with Gasteiger partial charge >= 0.3 is 5.97 Å². The molecule has 0 saturated carbocycles. The number of anilines is 1. The number of hydrogen-bond acceptors (Lipinski definition) is 4. The van der Waals surface area contributed by atoms with Crippen LogP contribution in [0.5, 0.6) is 0 Å². The number of nitrogens with one attached hydrogen (secondary N) is 1. The van der Waals surface area contributed by atoms with Crippen LogP contribution < -0.4 is 5.73 Å². The number of ether oxygens (including phenoxy) is 1. The molecule has 2 aromatic rings. The molecule has 0 atom stereocenters. The van der Waals surface area contributed by atoms with Crippen molar-refractivity contribution in [1.29, 1.82) is 0 Å². The van der Waals surface area contributed by atoms with Crippen molar-refractivity contribution >= 4 is 28.5 Å². The summed E-state index contributed by atoms with van der Waals surface area (Å²) in [6.07, 6.45) is 2.41. The van der Waals surface area contributed by atoms with Crippen LogP contribution in [0.3, 0.4) is 0 Å². The Hall–Kier alpha value is -2.50. The Morgan fingerprint density at radius 2 is 2.14 bits per heavy atom. The van der Waals surface area contributed by atoms with Gasteiger partial charge in [0.05, 0.1) is 12.7 Å². The lowest BCUT2D eigenvalue weighted by Gasteiger charge is -2.20. The second-order valence-electron chi connectivity index (χ2n) is 4.81. The third-order valence-electron chi connectivity index (χ3n) is 3.26. The third-order valence-corrected chi connectivity index (χ3v) is 3.26. The predicted molar refractivity (Wildman–Crippen MR) is 80.9 cm³/mol. The number of fused-ring (bicyclic) bond motifs is 1. The van der Waals surface area contributed by atoms with Crippen LogP contribution in [0.25, 0.3) is 10.9 Å². The standard InChI is InChI=1S/C15H19N3O3/c1-3-6-18(9-14(19)21-2)15(20)12-8-17-13-7-10(16)4-5-11(12)13/h4-5,7-8,17H,3,6,9,16H2,1-2H3. The number of aromatic nitrogens is 1. The summed E-state index contributed by atoms with van der Waals surface area (Å²) in [4.78, 5) is 28.6. The number of benzene rings is 1. The topological polar surface area (TPSA) is 88.4 Å². The Labute approximate surface area is 122 Å². The highest BCUT2D eigenvalue weighted by Gasteiger charge is 2.21. The van der Waals surface area contributed by atoms with Crippen molar-refractivity contribution in [3.63, 3.8) is 0 Å². The van der Waals surface area contributed by atoms with E-state index in [0.717, 1.165) is 17.3 Å². The van der Waals surface area contributed by atoms with E-state index < -0.39 is 5.97 Å². The fourth-order valence-electron chi connectivity index (χ4n) is 2.23. The molecular formula is C15H19N3O3. The number of nitrogens with two attached hydrogens (primary N) is 1. The summed E-state index contributed by atoms with van der Waals surface area (Å²) < 4.78 is 4.64. The first-order valence-electron chi connectivity index (χ1n) is 6.79. The molecule has 0 fully saturated rings. The van der Waals surface area contributed by atoms with E-state index in [9.17, 15) is 9.59 Å². The van der Waals surface area contributed by atoms with Gasteiger partial charge in [0.25, 0.3) is 5.91 Å². The zero-order chi connectivity index (χ0) is 15.4. The minimum absolute atomic E-state index is 0.0508. The zero-order valence-electron chi connectivity index (χ0n) is 12.2. The van der Waals surface area contributed by atoms with Gasteiger partial charge in [-0.25, -0.2) is 0 Å². The molecule has 1 heterocycles. The lowest BCUT2D eigenvalue weighted by molar-refractivity contribution is -0.141. The average molecular weight is 289 g/mol. The SMILES string of the molecule is CCCN(CC(=O)OC)C(=O)c1c[nH]c2cc(N)ccc12. The minimum atomic E-state index is -0.430. The molecule has 2 rings (SSSR count). The first-order valence-corrected chi connectivity index (χ1v) is 6.79. The van der Waals surface area contributed by atoms with Crippen molar-refractivity contribution in [1.82, 2.24) is 9.88 Å². The van der Waals surface area contributed by atoms with Gasteiger partial charge in [0.1, 0.15) is 6.54 Å². The maximum Gasteiger partial charge on any atom is 0.325 e. The molecule has 1 aromatic carbocycles. The van der Waals surface area contributed by atoms with E-state index in [1.54, 1.807) is 24.4 Å². The number of carbonyl (C=O) groups excluding carboxylic acids is 2. The van der Waals surface area contributed by atoms with Crippen molar-refractivity contribution in [2.24, 2.45) is 0 Å². The predicted octanol–water partition coefficient (Wildman–Crippen LogP) is 1.78. The Morgan fingerprint density at radius 1 is 1.38 bits per heavy atom. The van der Waals surface area contributed by atoms with Gasteiger partial charge in [0, 0.05) is 29.3 Å². The summed E-state index contributed by atoms with van der Waals surface area (Å²) in [5.74, 6) is -0.626. The molecule has 0 unspecified atom stereocenters. The first-order chi connectivity index (χ1) is 10.1. The van der Waals surface area contributed by atoms with E-state index >= 15 is 0 Å². The molecule has 0 saturated heterocycles. The van der Waals surface area contributed by atoms with Gasteiger partial charge < -0.3 is 20.4 Å².